The Morgan fingerprint density at radius 3 is 2.84 bits per heavy atom. The van der Waals surface area contributed by atoms with Crippen LogP contribution in [0.1, 0.15) is 24.5 Å². The van der Waals surface area contributed by atoms with Gasteiger partial charge >= 0.3 is 0 Å². The van der Waals surface area contributed by atoms with E-state index in [9.17, 15) is 4.79 Å². The maximum Gasteiger partial charge on any atom is 0.228 e. The fraction of sp³-hybridized carbons (Fsp3) is 0.533. The highest BCUT2D eigenvalue weighted by Crippen LogP contribution is 2.34. The Hall–Kier alpha value is -1.39. The Kier molecular flexibility index (Phi) is 4.93. The zero-order chi connectivity index (χ0) is 13.7. The predicted molar refractivity (Wildman–Crippen MR) is 74.6 cm³/mol. The van der Waals surface area contributed by atoms with E-state index >= 15 is 0 Å². The molecule has 0 unspecified atom stereocenters. The van der Waals surface area contributed by atoms with Crippen molar-refractivity contribution < 1.29 is 9.53 Å². The Bertz CT molecular complexity index is 408. The van der Waals surface area contributed by atoms with Crippen molar-refractivity contribution in [2.24, 2.45) is 11.7 Å². The van der Waals surface area contributed by atoms with Crippen LogP contribution in [0, 0.1) is 5.92 Å². The van der Waals surface area contributed by atoms with Gasteiger partial charge in [-0.05, 0) is 18.4 Å². The monoisotopic (exact) mass is 262 g/mol. The maximum absolute atomic E-state index is 12.5. The summed E-state index contributed by atoms with van der Waals surface area (Å²) in [6.45, 7) is 1.81. The van der Waals surface area contributed by atoms with Crippen molar-refractivity contribution in [2.45, 2.75) is 18.9 Å². The Morgan fingerprint density at radius 2 is 2.16 bits per heavy atom. The SMILES string of the molecule is CN(CCN)C(=O)[C@H]1CCCO[C@H]1c1ccccc1. The van der Waals surface area contributed by atoms with E-state index in [0.717, 1.165) is 25.0 Å². The van der Waals surface area contributed by atoms with Crippen LogP contribution in [0.4, 0.5) is 0 Å². The lowest BCUT2D eigenvalue weighted by atomic mass is 9.88. The summed E-state index contributed by atoms with van der Waals surface area (Å²) in [4.78, 5) is 14.2. The van der Waals surface area contributed by atoms with Crippen molar-refractivity contribution >= 4 is 5.91 Å². The molecule has 1 heterocycles. The lowest BCUT2D eigenvalue weighted by molar-refractivity contribution is -0.144. The number of hydrogen-bond donors (Lipinski definition) is 1. The molecule has 0 aliphatic carbocycles. The van der Waals surface area contributed by atoms with Crippen LogP contribution in [0.2, 0.25) is 0 Å². The normalized spacial score (nSPS) is 23.1. The molecular weight excluding hydrogens is 240 g/mol. The Balaban J connectivity index is 2.14. The van der Waals surface area contributed by atoms with Crippen molar-refractivity contribution in [3.05, 3.63) is 35.9 Å². The highest BCUT2D eigenvalue weighted by molar-refractivity contribution is 5.79. The van der Waals surface area contributed by atoms with Gasteiger partial charge in [0.05, 0.1) is 12.0 Å². The Morgan fingerprint density at radius 1 is 1.42 bits per heavy atom. The molecule has 2 N–H and O–H groups in total. The number of hydrogen-bond acceptors (Lipinski definition) is 3. The van der Waals surface area contributed by atoms with Gasteiger partial charge in [-0.1, -0.05) is 30.3 Å². The molecule has 1 amide bonds. The van der Waals surface area contributed by atoms with Crippen LogP contribution in [0.3, 0.4) is 0 Å². The number of nitrogens with zero attached hydrogens (tertiary/aromatic N) is 1. The van der Waals surface area contributed by atoms with Crippen molar-refractivity contribution in [1.82, 2.24) is 4.90 Å². The number of benzene rings is 1. The average molecular weight is 262 g/mol. The minimum Gasteiger partial charge on any atom is -0.373 e. The standard InChI is InChI=1S/C15H22N2O2/c1-17(10-9-16)15(18)13-8-5-11-19-14(13)12-6-3-2-4-7-12/h2-4,6-7,13-14H,5,8-11,16H2,1H3/t13-,14-/m0/s1. The van der Waals surface area contributed by atoms with Gasteiger partial charge in [-0.2, -0.15) is 0 Å². The van der Waals surface area contributed by atoms with Crippen LogP contribution in [-0.2, 0) is 9.53 Å². The second-order valence-electron chi connectivity index (χ2n) is 5.00. The van der Waals surface area contributed by atoms with Gasteiger partial charge in [-0.15, -0.1) is 0 Å². The fourth-order valence-corrected chi connectivity index (χ4v) is 2.59. The molecule has 1 saturated heterocycles. The number of rotatable bonds is 4. The summed E-state index contributed by atoms with van der Waals surface area (Å²) in [7, 11) is 1.81. The van der Waals surface area contributed by atoms with Gasteiger partial charge in [0.1, 0.15) is 0 Å². The van der Waals surface area contributed by atoms with Crippen LogP contribution in [-0.4, -0.2) is 37.6 Å². The van der Waals surface area contributed by atoms with Gasteiger partial charge in [0.25, 0.3) is 0 Å². The summed E-state index contributed by atoms with van der Waals surface area (Å²) in [5.74, 6) is 0.0479. The first-order valence-electron chi connectivity index (χ1n) is 6.85. The minimum absolute atomic E-state index is 0.0901. The molecule has 104 valence electrons. The summed E-state index contributed by atoms with van der Waals surface area (Å²) in [6.07, 6.45) is 1.70. The Labute approximate surface area is 114 Å². The van der Waals surface area contributed by atoms with E-state index in [1.807, 2.05) is 37.4 Å². The van der Waals surface area contributed by atoms with Crippen LogP contribution >= 0.6 is 0 Å². The van der Waals surface area contributed by atoms with Gasteiger partial charge < -0.3 is 15.4 Å². The first-order chi connectivity index (χ1) is 9.24. The van der Waals surface area contributed by atoms with Crippen LogP contribution in [0.5, 0.6) is 0 Å². The molecule has 0 radical (unpaired) electrons. The quantitative estimate of drug-likeness (QED) is 0.896. The highest BCUT2D eigenvalue weighted by atomic mass is 16.5. The average Bonchev–Trinajstić information content (AvgIpc) is 2.47. The zero-order valence-electron chi connectivity index (χ0n) is 11.4. The number of carbonyl (C=O) groups is 1. The number of likely N-dealkylation sites (N-methyl/N-ethyl adjacent to an activating group) is 1. The molecule has 1 aliphatic heterocycles. The summed E-state index contributed by atoms with van der Waals surface area (Å²) in [6, 6.07) is 10.00. The fourth-order valence-electron chi connectivity index (χ4n) is 2.59. The smallest absolute Gasteiger partial charge is 0.228 e. The largest absolute Gasteiger partial charge is 0.373 e. The topological polar surface area (TPSA) is 55.6 Å². The summed E-state index contributed by atoms with van der Waals surface area (Å²) in [5, 5.41) is 0. The molecule has 2 rings (SSSR count). The molecule has 2 atom stereocenters. The second-order valence-corrected chi connectivity index (χ2v) is 5.00. The second kappa shape index (κ2) is 6.68. The molecule has 0 saturated carbocycles. The maximum atomic E-state index is 12.5. The van der Waals surface area contributed by atoms with Crippen molar-refractivity contribution in [2.75, 3.05) is 26.7 Å². The molecule has 19 heavy (non-hydrogen) atoms. The molecular formula is C15H22N2O2. The van der Waals surface area contributed by atoms with E-state index in [4.69, 9.17) is 10.5 Å². The van der Waals surface area contributed by atoms with E-state index in [-0.39, 0.29) is 17.9 Å². The summed E-state index contributed by atoms with van der Waals surface area (Å²) in [5.41, 5.74) is 6.60. The van der Waals surface area contributed by atoms with Gasteiger partial charge in [-0.25, -0.2) is 0 Å². The lowest BCUT2D eigenvalue weighted by Gasteiger charge is -2.33. The molecule has 0 spiro atoms. The third-order valence-electron chi connectivity index (χ3n) is 3.61. The minimum atomic E-state index is -0.123. The van der Waals surface area contributed by atoms with Crippen LogP contribution < -0.4 is 5.73 Å². The van der Waals surface area contributed by atoms with E-state index in [1.165, 1.54) is 0 Å². The summed E-state index contributed by atoms with van der Waals surface area (Å²) >= 11 is 0. The van der Waals surface area contributed by atoms with Crippen LogP contribution in [0.25, 0.3) is 0 Å². The molecule has 4 nitrogen and oxygen atoms in total. The molecule has 1 fully saturated rings. The predicted octanol–water partition coefficient (Wildman–Crippen LogP) is 1.57. The van der Waals surface area contributed by atoms with Gasteiger partial charge in [-0.3, -0.25) is 4.79 Å². The molecule has 4 heteroatoms. The third kappa shape index (κ3) is 3.33. The summed E-state index contributed by atoms with van der Waals surface area (Å²) < 4.78 is 5.85. The van der Waals surface area contributed by atoms with Crippen molar-refractivity contribution in [3.8, 4) is 0 Å². The third-order valence-corrected chi connectivity index (χ3v) is 3.61. The number of ether oxygens (including phenoxy) is 1. The zero-order valence-corrected chi connectivity index (χ0v) is 11.4. The number of amides is 1. The van der Waals surface area contributed by atoms with Gasteiger partial charge in [0.15, 0.2) is 0 Å². The first-order valence-corrected chi connectivity index (χ1v) is 6.85. The van der Waals surface area contributed by atoms with Crippen molar-refractivity contribution in [1.29, 1.82) is 0 Å². The van der Waals surface area contributed by atoms with Gasteiger partial charge in [0, 0.05) is 26.7 Å². The molecule has 1 aromatic rings. The molecule has 0 bridgehead atoms. The van der Waals surface area contributed by atoms with E-state index in [2.05, 4.69) is 0 Å². The van der Waals surface area contributed by atoms with Crippen molar-refractivity contribution in [3.63, 3.8) is 0 Å². The van der Waals surface area contributed by atoms with Crippen LogP contribution in [0.15, 0.2) is 30.3 Å². The molecule has 1 aromatic carbocycles. The highest BCUT2D eigenvalue weighted by Gasteiger charge is 2.34. The van der Waals surface area contributed by atoms with E-state index < -0.39 is 0 Å². The van der Waals surface area contributed by atoms with Gasteiger partial charge in [0.2, 0.25) is 5.91 Å². The number of nitrogens with two attached hydrogens (primary N) is 1. The molecule has 1 aliphatic rings. The first kappa shape index (κ1) is 14.0. The lowest BCUT2D eigenvalue weighted by Crippen LogP contribution is -2.40. The molecule has 0 aromatic heterocycles. The van der Waals surface area contributed by atoms with E-state index in [1.54, 1.807) is 4.90 Å². The number of carbonyl (C=O) groups excluding carboxylic acids is 1. The van der Waals surface area contributed by atoms with E-state index in [0.29, 0.717) is 13.1 Å².